The third kappa shape index (κ3) is 2.43. The fourth-order valence-corrected chi connectivity index (χ4v) is 3.91. The zero-order valence-corrected chi connectivity index (χ0v) is 12.9. The Labute approximate surface area is 132 Å². The van der Waals surface area contributed by atoms with Gasteiger partial charge in [0, 0.05) is 13.0 Å². The number of nitrogens with zero attached hydrogens (tertiary/aromatic N) is 2. The Bertz CT molecular complexity index is 600. The van der Waals surface area contributed by atoms with Crippen molar-refractivity contribution >= 4 is 5.84 Å². The summed E-state index contributed by atoms with van der Waals surface area (Å²) in [6, 6.07) is 22.8. The van der Waals surface area contributed by atoms with E-state index in [4.69, 9.17) is 4.99 Å². The van der Waals surface area contributed by atoms with Crippen molar-refractivity contribution in [3.63, 3.8) is 0 Å². The van der Waals surface area contributed by atoms with Gasteiger partial charge < -0.3 is 4.90 Å². The molecule has 2 aromatic rings. The summed E-state index contributed by atoms with van der Waals surface area (Å²) < 4.78 is 0. The number of rotatable bonds is 2. The topological polar surface area (TPSA) is 15.6 Å². The molecule has 22 heavy (non-hydrogen) atoms. The molecule has 2 aromatic carbocycles. The number of hydrogen-bond donors (Lipinski definition) is 0. The van der Waals surface area contributed by atoms with Crippen LogP contribution in [-0.2, 0) is 0 Å². The first-order valence-corrected chi connectivity index (χ1v) is 8.35. The predicted octanol–water partition coefficient (Wildman–Crippen LogP) is 4.76. The zero-order valence-electron chi connectivity index (χ0n) is 12.9. The molecule has 0 bridgehead atoms. The summed E-state index contributed by atoms with van der Waals surface area (Å²) >= 11 is 0. The Balaban J connectivity index is 1.71. The molecule has 2 heterocycles. The molecule has 4 rings (SSSR count). The van der Waals surface area contributed by atoms with Crippen LogP contribution < -0.4 is 0 Å². The van der Waals surface area contributed by atoms with E-state index in [1.165, 1.54) is 36.2 Å². The van der Waals surface area contributed by atoms with Gasteiger partial charge in [0.2, 0.25) is 0 Å². The molecule has 0 radical (unpaired) electrons. The maximum Gasteiger partial charge on any atom is 0.0999 e. The van der Waals surface area contributed by atoms with Crippen LogP contribution in [0.5, 0.6) is 0 Å². The lowest BCUT2D eigenvalue weighted by molar-refractivity contribution is 0.318. The molecule has 2 heteroatoms. The van der Waals surface area contributed by atoms with Gasteiger partial charge in [-0.25, -0.2) is 0 Å². The van der Waals surface area contributed by atoms with Crippen molar-refractivity contribution in [3.8, 4) is 0 Å². The van der Waals surface area contributed by atoms with Crippen molar-refractivity contribution in [2.45, 2.75) is 37.8 Å². The van der Waals surface area contributed by atoms with Crippen LogP contribution in [0.15, 0.2) is 65.7 Å². The van der Waals surface area contributed by atoms with Crippen molar-refractivity contribution in [1.82, 2.24) is 4.90 Å². The lowest BCUT2D eigenvalue weighted by Gasteiger charge is -2.33. The minimum atomic E-state index is 0.475. The highest BCUT2D eigenvalue weighted by atomic mass is 15.3. The molecule has 2 atom stereocenters. The molecule has 2 aliphatic rings. The van der Waals surface area contributed by atoms with Gasteiger partial charge in [-0.1, -0.05) is 60.7 Å². The van der Waals surface area contributed by atoms with Crippen molar-refractivity contribution in [1.29, 1.82) is 0 Å². The van der Waals surface area contributed by atoms with Crippen LogP contribution in [0, 0.1) is 0 Å². The van der Waals surface area contributed by atoms with E-state index in [-0.39, 0.29) is 0 Å². The second-order valence-corrected chi connectivity index (χ2v) is 6.24. The second-order valence-electron chi connectivity index (χ2n) is 6.24. The number of benzene rings is 2. The van der Waals surface area contributed by atoms with E-state index >= 15 is 0 Å². The van der Waals surface area contributed by atoms with Gasteiger partial charge in [-0.2, -0.15) is 0 Å². The van der Waals surface area contributed by atoms with Crippen molar-refractivity contribution in [2.24, 2.45) is 4.99 Å². The first-order chi connectivity index (χ1) is 10.9. The van der Waals surface area contributed by atoms with Crippen molar-refractivity contribution in [3.05, 3.63) is 71.8 Å². The van der Waals surface area contributed by atoms with E-state index in [2.05, 4.69) is 65.6 Å². The summed E-state index contributed by atoms with van der Waals surface area (Å²) in [5.74, 6) is 1.32. The zero-order chi connectivity index (χ0) is 14.8. The summed E-state index contributed by atoms with van der Waals surface area (Å²) in [4.78, 5) is 7.42. The summed E-state index contributed by atoms with van der Waals surface area (Å²) in [5.41, 5.74) is 2.85. The molecule has 0 aromatic heterocycles. The van der Waals surface area contributed by atoms with Gasteiger partial charge in [0.1, 0.15) is 0 Å². The number of amidine groups is 1. The molecule has 0 saturated carbocycles. The van der Waals surface area contributed by atoms with Crippen LogP contribution in [0.25, 0.3) is 0 Å². The molecule has 1 saturated heterocycles. The minimum absolute atomic E-state index is 0.475. The molecule has 2 nitrogen and oxygen atoms in total. The molecular formula is C20H22N2. The normalized spacial score (nSPS) is 24.5. The second kappa shape index (κ2) is 5.96. The number of hydrogen-bond acceptors (Lipinski definition) is 2. The van der Waals surface area contributed by atoms with Crippen LogP contribution >= 0.6 is 0 Å². The first-order valence-electron chi connectivity index (χ1n) is 8.35. The molecule has 0 amide bonds. The average molecular weight is 290 g/mol. The average Bonchev–Trinajstić information content (AvgIpc) is 3.25. The number of aliphatic imine (C=N–C) groups is 1. The highest BCUT2D eigenvalue weighted by molar-refractivity contribution is 5.85. The highest BCUT2D eigenvalue weighted by Gasteiger charge is 2.37. The fraction of sp³-hybridized carbons (Fsp3) is 0.350. The molecule has 0 aliphatic carbocycles. The molecule has 1 fully saturated rings. The van der Waals surface area contributed by atoms with E-state index in [9.17, 15) is 0 Å². The third-order valence-corrected chi connectivity index (χ3v) is 4.90. The molecule has 112 valence electrons. The van der Waals surface area contributed by atoms with Gasteiger partial charge in [-0.3, -0.25) is 4.99 Å². The van der Waals surface area contributed by atoms with Crippen LogP contribution in [0.4, 0.5) is 0 Å². The van der Waals surface area contributed by atoms with Crippen LogP contribution in [-0.4, -0.2) is 17.3 Å². The van der Waals surface area contributed by atoms with E-state index < -0.39 is 0 Å². The summed E-state index contributed by atoms with van der Waals surface area (Å²) in [7, 11) is 0. The lowest BCUT2D eigenvalue weighted by atomic mass is 10.0. The third-order valence-electron chi connectivity index (χ3n) is 4.90. The maximum absolute atomic E-state index is 4.81. The van der Waals surface area contributed by atoms with E-state index in [0.29, 0.717) is 12.1 Å². The first kappa shape index (κ1) is 13.6. The summed E-state index contributed by atoms with van der Waals surface area (Å²) in [6.45, 7) is 0.995. The van der Waals surface area contributed by atoms with Crippen molar-refractivity contribution in [2.75, 3.05) is 6.54 Å². The highest BCUT2D eigenvalue weighted by Crippen LogP contribution is 2.45. The van der Waals surface area contributed by atoms with Gasteiger partial charge in [-0.05, 0) is 30.4 Å². The monoisotopic (exact) mass is 290 g/mol. The SMILES string of the molecule is c1ccc(C2CCC(c3ccccc3)N2C2=NCCC2)cc1. The Morgan fingerprint density at radius 2 is 1.32 bits per heavy atom. The van der Waals surface area contributed by atoms with Crippen LogP contribution in [0.1, 0.15) is 48.9 Å². The summed E-state index contributed by atoms with van der Waals surface area (Å²) in [5, 5.41) is 0. The van der Waals surface area contributed by atoms with Gasteiger partial charge in [0.15, 0.2) is 0 Å². The largest absolute Gasteiger partial charge is 0.346 e. The smallest absolute Gasteiger partial charge is 0.0999 e. The Hall–Kier alpha value is -2.09. The lowest BCUT2D eigenvalue weighted by Crippen LogP contribution is -2.31. The van der Waals surface area contributed by atoms with E-state index in [1.807, 2.05) is 0 Å². The molecular weight excluding hydrogens is 268 g/mol. The quantitative estimate of drug-likeness (QED) is 0.778. The van der Waals surface area contributed by atoms with Gasteiger partial charge in [0.25, 0.3) is 0 Å². The maximum atomic E-state index is 4.81. The Morgan fingerprint density at radius 3 is 1.77 bits per heavy atom. The summed E-state index contributed by atoms with van der Waals surface area (Å²) in [6.07, 6.45) is 4.76. The molecule has 0 spiro atoms. The molecule has 2 unspecified atom stereocenters. The van der Waals surface area contributed by atoms with Crippen molar-refractivity contribution < 1.29 is 0 Å². The van der Waals surface area contributed by atoms with Gasteiger partial charge in [-0.15, -0.1) is 0 Å². The van der Waals surface area contributed by atoms with Crippen LogP contribution in [0.3, 0.4) is 0 Å². The van der Waals surface area contributed by atoms with Crippen LogP contribution in [0.2, 0.25) is 0 Å². The molecule has 2 aliphatic heterocycles. The van der Waals surface area contributed by atoms with E-state index in [0.717, 1.165) is 13.0 Å². The van der Waals surface area contributed by atoms with Gasteiger partial charge in [0.05, 0.1) is 17.9 Å². The fourth-order valence-electron chi connectivity index (χ4n) is 3.91. The predicted molar refractivity (Wildman–Crippen MR) is 91.0 cm³/mol. The number of likely N-dealkylation sites (tertiary alicyclic amines) is 1. The Morgan fingerprint density at radius 1 is 0.773 bits per heavy atom. The standard InChI is InChI=1S/C20H22N2/c1-3-8-16(9-4-1)18-13-14-19(17-10-5-2-6-11-17)22(18)20-12-7-15-21-20/h1-6,8-11,18-19H,7,12-15H2. The minimum Gasteiger partial charge on any atom is -0.346 e. The molecule has 0 N–H and O–H groups in total. The van der Waals surface area contributed by atoms with E-state index in [1.54, 1.807) is 0 Å². The Kier molecular flexibility index (Phi) is 3.67. The van der Waals surface area contributed by atoms with Gasteiger partial charge >= 0.3 is 0 Å².